The second-order valence-corrected chi connectivity index (χ2v) is 10.2. The highest BCUT2D eigenvalue weighted by Crippen LogP contribution is 2.46. The minimum absolute atomic E-state index is 0.0368. The molecule has 2 aromatic rings. The molecular formula is C24H28N2O3S. The second kappa shape index (κ2) is 7.34. The number of benzene rings is 1. The van der Waals surface area contributed by atoms with E-state index < -0.39 is 0 Å². The third-order valence-corrected chi connectivity index (χ3v) is 8.15. The number of rotatable bonds is 4. The monoisotopic (exact) mass is 424 g/mol. The van der Waals surface area contributed by atoms with Crippen molar-refractivity contribution < 1.29 is 14.3 Å². The van der Waals surface area contributed by atoms with Gasteiger partial charge >= 0.3 is 0 Å². The van der Waals surface area contributed by atoms with E-state index >= 15 is 0 Å². The fourth-order valence-electron chi connectivity index (χ4n) is 4.59. The molecule has 0 saturated heterocycles. The first-order chi connectivity index (χ1) is 14.4. The fraction of sp³-hybridized carbons (Fsp3) is 0.458. The van der Waals surface area contributed by atoms with Crippen LogP contribution in [-0.4, -0.2) is 18.9 Å². The molecule has 1 aromatic heterocycles. The summed E-state index contributed by atoms with van der Waals surface area (Å²) in [6.45, 7) is 7.29. The first kappa shape index (κ1) is 19.5. The van der Waals surface area contributed by atoms with Gasteiger partial charge in [0.15, 0.2) is 11.5 Å². The quantitative estimate of drug-likeness (QED) is 0.707. The van der Waals surface area contributed by atoms with Crippen LogP contribution in [0.4, 0.5) is 5.00 Å². The van der Waals surface area contributed by atoms with Crippen LogP contribution in [-0.2, 0) is 12.8 Å². The number of ether oxygens (including phenoxy) is 2. The second-order valence-electron chi connectivity index (χ2n) is 9.06. The number of amides is 1. The van der Waals surface area contributed by atoms with Crippen LogP contribution >= 0.6 is 11.3 Å². The maximum absolute atomic E-state index is 12.9. The number of fused-ring (bicyclic) bond motifs is 4. The van der Waals surface area contributed by atoms with Crippen molar-refractivity contribution in [3.05, 3.63) is 45.8 Å². The zero-order valence-electron chi connectivity index (χ0n) is 17.7. The highest BCUT2D eigenvalue weighted by atomic mass is 32.1. The minimum atomic E-state index is -0.224. The lowest BCUT2D eigenvalue weighted by Gasteiger charge is -2.36. The van der Waals surface area contributed by atoms with Gasteiger partial charge < -0.3 is 20.1 Å². The number of nitrogens with one attached hydrogen (secondary N) is 2. The number of carbonyl (C=O) groups is 1. The zero-order chi connectivity index (χ0) is 20.9. The molecule has 1 aliphatic carbocycles. The van der Waals surface area contributed by atoms with Gasteiger partial charge in [-0.25, -0.2) is 0 Å². The van der Waals surface area contributed by atoms with Crippen LogP contribution in [0, 0.1) is 11.3 Å². The number of thiophene rings is 1. The lowest BCUT2D eigenvalue weighted by Crippen LogP contribution is -2.43. The largest absolute Gasteiger partial charge is 0.454 e. The van der Waals surface area contributed by atoms with E-state index in [0.29, 0.717) is 11.3 Å². The summed E-state index contributed by atoms with van der Waals surface area (Å²) < 4.78 is 10.8. The molecule has 30 heavy (non-hydrogen) atoms. The van der Waals surface area contributed by atoms with E-state index in [2.05, 4.69) is 31.4 Å². The number of hydrogen-bond donors (Lipinski definition) is 2. The molecule has 3 aliphatic rings. The van der Waals surface area contributed by atoms with Crippen LogP contribution in [0.25, 0.3) is 6.08 Å². The van der Waals surface area contributed by atoms with E-state index in [0.717, 1.165) is 46.9 Å². The standard InChI is InChI=1S/C24H28N2O3S/c1-4-24(2,3)15-7-8-16-19(12-15)30-23-21(16)22(27)25-20(26-23)10-6-14-5-9-17-18(11-14)29-13-28-17/h5-6,9-11,15,20,26H,4,7-8,12-13H2,1-3H3,(H,25,27). The van der Waals surface area contributed by atoms with Crippen LogP contribution in [0.15, 0.2) is 24.3 Å². The first-order valence-corrected chi connectivity index (χ1v) is 11.6. The lowest BCUT2D eigenvalue weighted by molar-refractivity contribution is 0.0942. The number of hydrogen-bond acceptors (Lipinski definition) is 5. The van der Waals surface area contributed by atoms with Gasteiger partial charge in [0.25, 0.3) is 5.91 Å². The molecule has 2 unspecified atom stereocenters. The Balaban J connectivity index is 1.34. The Labute approximate surface area is 181 Å². The molecule has 3 heterocycles. The molecule has 5 rings (SSSR count). The van der Waals surface area contributed by atoms with Crippen LogP contribution in [0.3, 0.4) is 0 Å². The third kappa shape index (κ3) is 3.37. The summed E-state index contributed by atoms with van der Waals surface area (Å²) >= 11 is 1.77. The predicted molar refractivity (Wildman–Crippen MR) is 120 cm³/mol. The van der Waals surface area contributed by atoms with E-state index in [4.69, 9.17) is 9.47 Å². The van der Waals surface area contributed by atoms with Crippen molar-refractivity contribution in [3.8, 4) is 11.5 Å². The molecule has 5 nitrogen and oxygen atoms in total. The van der Waals surface area contributed by atoms with Gasteiger partial charge in [0.2, 0.25) is 6.79 Å². The van der Waals surface area contributed by atoms with E-state index in [-0.39, 0.29) is 18.9 Å². The topological polar surface area (TPSA) is 59.6 Å². The number of anilines is 1. The van der Waals surface area contributed by atoms with Crippen molar-refractivity contribution in [2.75, 3.05) is 12.1 Å². The Bertz CT molecular complexity index is 1020. The molecule has 0 saturated carbocycles. The normalized spacial score (nSPS) is 22.4. The molecule has 0 fully saturated rings. The molecule has 0 spiro atoms. The predicted octanol–water partition coefficient (Wildman–Crippen LogP) is 5.21. The maximum atomic E-state index is 12.9. The summed E-state index contributed by atoms with van der Waals surface area (Å²) in [5, 5.41) is 7.63. The molecule has 2 aliphatic heterocycles. The summed E-state index contributed by atoms with van der Waals surface area (Å²) in [7, 11) is 0. The molecule has 158 valence electrons. The maximum Gasteiger partial charge on any atom is 0.256 e. The van der Waals surface area contributed by atoms with E-state index in [1.54, 1.807) is 11.3 Å². The highest BCUT2D eigenvalue weighted by molar-refractivity contribution is 7.16. The first-order valence-electron chi connectivity index (χ1n) is 10.7. The van der Waals surface area contributed by atoms with Gasteiger partial charge in [-0.05, 0) is 59.9 Å². The molecule has 2 N–H and O–H groups in total. The Hall–Kier alpha value is -2.47. The fourth-order valence-corrected chi connectivity index (χ4v) is 5.96. The Morgan fingerprint density at radius 2 is 2.07 bits per heavy atom. The summed E-state index contributed by atoms with van der Waals surface area (Å²) in [6.07, 6.45) is 8.20. The van der Waals surface area contributed by atoms with Gasteiger partial charge in [-0.2, -0.15) is 0 Å². The average Bonchev–Trinajstić information content (AvgIpc) is 3.35. The summed E-state index contributed by atoms with van der Waals surface area (Å²) in [5.74, 6) is 2.25. The summed E-state index contributed by atoms with van der Waals surface area (Å²) in [6, 6.07) is 5.85. The molecule has 6 heteroatoms. The summed E-state index contributed by atoms with van der Waals surface area (Å²) in [4.78, 5) is 14.3. The highest BCUT2D eigenvalue weighted by Gasteiger charge is 2.36. The van der Waals surface area contributed by atoms with Gasteiger partial charge in [-0.15, -0.1) is 11.3 Å². The SMILES string of the molecule is CCC(C)(C)C1CCc2c(sc3c2C(=O)NC(C=Cc2ccc4c(c2)OCO4)N3)C1. The van der Waals surface area contributed by atoms with Crippen LogP contribution < -0.4 is 20.1 Å². The third-order valence-electron chi connectivity index (χ3n) is 6.96. The Morgan fingerprint density at radius 1 is 1.23 bits per heavy atom. The van der Waals surface area contributed by atoms with Crippen molar-refractivity contribution in [3.63, 3.8) is 0 Å². The van der Waals surface area contributed by atoms with Crippen LogP contribution in [0.5, 0.6) is 11.5 Å². The van der Waals surface area contributed by atoms with Gasteiger partial charge in [0, 0.05) is 4.88 Å². The summed E-state index contributed by atoms with van der Waals surface area (Å²) in [5.41, 5.74) is 3.49. The van der Waals surface area contributed by atoms with Gasteiger partial charge in [-0.3, -0.25) is 4.79 Å². The Kier molecular flexibility index (Phi) is 4.77. The average molecular weight is 425 g/mol. The van der Waals surface area contributed by atoms with Gasteiger partial charge in [-0.1, -0.05) is 39.3 Å². The van der Waals surface area contributed by atoms with Crippen molar-refractivity contribution in [1.82, 2.24) is 5.32 Å². The molecular weight excluding hydrogens is 396 g/mol. The van der Waals surface area contributed by atoms with E-state index in [1.165, 1.54) is 16.9 Å². The van der Waals surface area contributed by atoms with Crippen molar-refractivity contribution >= 4 is 28.3 Å². The zero-order valence-corrected chi connectivity index (χ0v) is 18.5. The molecule has 1 amide bonds. The molecule has 0 bridgehead atoms. The lowest BCUT2D eigenvalue weighted by atomic mass is 9.69. The molecule has 0 radical (unpaired) electrons. The van der Waals surface area contributed by atoms with Gasteiger partial charge in [0.05, 0.1) is 5.56 Å². The van der Waals surface area contributed by atoms with Crippen molar-refractivity contribution in [2.45, 2.75) is 52.6 Å². The van der Waals surface area contributed by atoms with E-state index in [9.17, 15) is 4.79 Å². The van der Waals surface area contributed by atoms with Crippen LogP contribution in [0.2, 0.25) is 0 Å². The van der Waals surface area contributed by atoms with Crippen molar-refractivity contribution in [2.24, 2.45) is 11.3 Å². The van der Waals surface area contributed by atoms with Crippen LogP contribution in [0.1, 0.15) is 60.0 Å². The Morgan fingerprint density at radius 3 is 2.90 bits per heavy atom. The minimum Gasteiger partial charge on any atom is -0.454 e. The van der Waals surface area contributed by atoms with Gasteiger partial charge in [0.1, 0.15) is 11.2 Å². The number of carbonyl (C=O) groups excluding carboxylic acids is 1. The van der Waals surface area contributed by atoms with E-state index in [1.807, 2.05) is 30.4 Å². The molecule has 2 atom stereocenters. The van der Waals surface area contributed by atoms with Crippen molar-refractivity contribution in [1.29, 1.82) is 0 Å². The smallest absolute Gasteiger partial charge is 0.256 e. The molecule has 1 aromatic carbocycles.